The van der Waals surface area contributed by atoms with Crippen molar-refractivity contribution in [1.29, 1.82) is 0 Å². The summed E-state index contributed by atoms with van der Waals surface area (Å²) < 4.78 is 27.7. The molecule has 1 unspecified atom stereocenters. The van der Waals surface area contributed by atoms with Gasteiger partial charge in [0.2, 0.25) is 0 Å². The molecule has 0 nitrogen and oxygen atoms in total. The molecule has 0 saturated heterocycles. The van der Waals surface area contributed by atoms with Crippen molar-refractivity contribution in [3.05, 3.63) is 70.2 Å². The predicted octanol–water partition coefficient (Wildman–Crippen LogP) is 8.89. The molecule has 2 saturated carbocycles. The Morgan fingerprint density at radius 1 is 0.833 bits per heavy atom. The molecule has 0 aliphatic heterocycles. The van der Waals surface area contributed by atoms with Crippen LogP contribution in [0.25, 0.3) is 0 Å². The van der Waals surface area contributed by atoms with Gasteiger partial charge < -0.3 is 0 Å². The Morgan fingerprint density at radius 3 is 1.93 bits per heavy atom. The van der Waals surface area contributed by atoms with Gasteiger partial charge >= 0.3 is 0 Å². The summed E-state index contributed by atoms with van der Waals surface area (Å²) in [5.74, 6) is 2.14. The highest BCUT2D eigenvalue weighted by Gasteiger charge is 2.32. The van der Waals surface area contributed by atoms with Crippen LogP contribution in [-0.2, 0) is 0 Å². The minimum Gasteiger partial charge on any atom is -0.205 e. The maximum Gasteiger partial charge on any atom is 0.145 e. The van der Waals surface area contributed by atoms with Gasteiger partial charge in [-0.15, -0.1) is 0 Å². The van der Waals surface area contributed by atoms with Crippen molar-refractivity contribution >= 4 is 11.6 Å². The van der Waals surface area contributed by atoms with Gasteiger partial charge in [0, 0.05) is 0 Å². The molecule has 30 heavy (non-hydrogen) atoms. The van der Waals surface area contributed by atoms with Gasteiger partial charge in [-0.05, 0) is 97.8 Å². The molecule has 0 radical (unpaired) electrons. The SMILES string of the molecule is CC(CC1CCC(C2CCC(c3cc(F)c(Cl)c(F)c3)CC2)CC1)c1ccccc1. The molecule has 162 valence electrons. The molecule has 2 aliphatic carbocycles. The van der Waals surface area contributed by atoms with Crippen LogP contribution in [0.5, 0.6) is 0 Å². The van der Waals surface area contributed by atoms with E-state index in [0.29, 0.717) is 5.92 Å². The van der Waals surface area contributed by atoms with Crippen molar-refractivity contribution in [3.63, 3.8) is 0 Å². The van der Waals surface area contributed by atoms with Crippen LogP contribution < -0.4 is 0 Å². The highest BCUT2D eigenvalue weighted by Crippen LogP contribution is 2.45. The fourth-order valence-electron chi connectivity index (χ4n) is 6.05. The zero-order valence-corrected chi connectivity index (χ0v) is 18.7. The van der Waals surface area contributed by atoms with Crippen molar-refractivity contribution in [3.8, 4) is 0 Å². The maximum atomic E-state index is 13.8. The number of halogens is 3. The molecule has 2 aliphatic rings. The van der Waals surface area contributed by atoms with Crippen molar-refractivity contribution in [1.82, 2.24) is 0 Å². The second-order valence-electron chi connectivity index (χ2n) is 9.74. The first kappa shape index (κ1) is 21.8. The van der Waals surface area contributed by atoms with Crippen molar-refractivity contribution in [2.75, 3.05) is 0 Å². The lowest BCUT2D eigenvalue weighted by Gasteiger charge is -2.38. The number of hydrogen-bond acceptors (Lipinski definition) is 0. The normalized spacial score (nSPS) is 28.3. The molecule has 4 rings (SSSR count). The molecule has 2 aromatic rings. The first-order valence-corrected chi connectivity index (χ1v) is 12.1. The van der Waals surface area contributed by atoms with Gasteiger partial charge in [0.05, 0.1) is 0 Å². The van der Waals surface area contributed by atoms with Crippen LogP contribution in [0.1, 0.15) is 87.7 Å². The summed E-state index contributed by atoms with van der Waals surface area (Å²) in [7, 11) is 0. The Morgan fingerprint density at radius 2 is 1.37 bits per heavy atom. The Kier molecular flexibility index (Phi) is 7.13. The van der Waals surface area contributed by atoms with Gasteiger partial charge in [0.15, 0.2) is 0 Å². The fourth-order valence-corrected chi connectivity index (χ4v) is 6.16. The molecule has 2 aromatic carbocycles. The third-order valence-corrected chi connectivity index (χ3v) is 8.22. The monoisotopic (exact) mass is 430 g/mol. The maximum absolute atomic E-state index is 13.8. The van der Waals surface area contributed by atoms with Crippen molar-refractivity contribution in [2.24, 2.45) is 17.8 Å². The second kappa shape index (κ2) is 9.81. The summed E-state index contributed by atoms with van der Waals surface area (Å²) in [6.45, 7) is 2.37. The molecule has 0 bridgehead atoms. The lowest BCUT2D eigenvalue weighted by atomic mass is 9.67. The van der Waals surface area contributed by atoms with Crippen LogP contribution >= 0.6 is 11.6 Å². The van der Waals surface area contributed by atoms with E-state index in [1.807, 2.05) is 0 Å². The average molecular weight is 431 g/mol. The Balaban J connectivity index is 1.25. The largest absolute Gasteiger partial charge is 0.205 e. The smallest absolute Gasteiger partial charge is 0.145 e. The minimum absolute atomic E-state index is 0.269. The lowest BCUT2D eigenvalue weighted by molar-refractivity contribution is 0.154. The van der Waals surface area contributed by atoms with Gasteiger partial charge in [-0.1, -0.05) is 61.7 Å². The van der Waals surface area contributed by atoms with Crippen LogP contribution in [0.2, 0.25) is 5.02 Å². The lowest BCUT2D eigenvalue weighted by Crippen LogP contribution is -2.26. The molecular formula is C27H33ClF2. The van der Waals surface area contributed by atoms with E-state index in [4.69, 9.17) is 11.6 Å². The molecule has 0 aromatic heterocycles. The van der Waals surface area contributed by atoms with Gasteiger partial charge in [-0.2, -0.15) is 0 Å². The topological polar surface area (TPSA) is 0 Å². The quantitative estimate of drug-likeness (QED) is 0.415. The van der Waals surface area contributed by atoms with Gasteiger partial charge in [-0.25, -0.2) is 8.78 Å². The van der Waals surface area contributed by atoms with E-state index in [2.05, 4.69) is 37.3 Å². The standard InChI is InChI=1S/C27H33ClF2/c1-18(20-5-3-2-4-6-20)15-19-7-9-21(10-8-19)22-11-13-23(14-12-22)24-16-25(29)27(28)26(30)17-24/h2-6,16-19,21-23H,7-15H2,1H3. The third-order valence-electron chi connectivity index (χ3n) is 7.86. The van der Waals surface area contributed by atoms with Crippen LogP contribution in [0, 0.1) is 29.4 Å². The molecule has 0 amide bonds. The van der Waals surface area contributed by atoms with Crippen molar-refractivity contribution in [2.45, 2.75) is 76.5 Å². The summed E-state index contributed by atoms with van der Waals surface area (Å²) in [5, 5.41) is -0.384. The van der Waals surface area contributed by atoms with E-state index in [-0.39, 0.29) is 10.9 Å². The summed E-state index contributed by atoms with van der Waals surface area (Å²) in [6, 6.07) is 13.8. The van der Waals surface area contributed by atoms with Gasteiger partial charge in [0.1, 0.15) is 16.7 Å². The van der Waals surface area contributed by atoms with E-state index < -0.39 is 11.6 Å². The molecule has 2 fully saturated rings. The van der Waals surface area contributed by atoms with Crippen LogP contribution in [-0.4, -0.2) is 0 Å². The number of rotatable bonds is 5. The van der Waals surface area contributed by atoms with Crippen molar-refractivity contribution < 1.29 is 8.78 Å². The van der Waals surface area contributed by atoms with Gasteiger partial charge in [0.25, 0.3) is 0 Å². The fraction of sp³-hybridized carbons (Fsp3) is 0.556. The molecule has 3 heteroatoms. The van der Waals surface area contributed by atoms with E-state index in [0.717, 1.165) is 36.2 Å². The zero-order valence-electron chi connectivity index (χ0n) is 17.9. The summed E-state index contributed by atoms with van der Waals surface area (Å²) >= 11 is 5.64. The zero-order chi connectivity index (χ0) is 21.1. The Labute approximate surface area is 185 Å². The second-order valence-corrected chi connectivity index (χ2v) is 10.1. The van der Waals surface area contributed by atoms with Crippen LogP contribution in [0.3, 0.4) is 0 Å². The first-order chi connectivity index (χ1) is 14.5. The summed E-state index contributed by atoms with van der Waals surface area (Å²) in [4.78, 5) is 0. The summed E-state index contributed by atoms with van der Waals surface area (Å²) in [6.07, 6.45) is 11.2. The average Bonchev–Trinajstić information content (AvgIpc) is 2.78. The van der Waals surface area contributed by atoms with E-state index >= 15 is 0 Å². The highest BCUT2D eigenvalue weighted by molar-refractivity contribution is 6.30. The van der Waals surface area contributed by atoms with Gasteiger partial charge in [-0.3, -0.25) is 0 Å². The van der Waals surface area contributed by atoms with Crippen LogP contribution in [0.15, 0.2) is 42.5 Å². The van der Waals surface area contributed by atoms with E-state index in [1.54, 1.807) is 0 Å². The van der Waals surface area contributed by atoms with E-state index in [1.165, 1.54) is 62.6 Å². The van der Waals surface area contributed by atoms with E-state index in [9.17, 15) is 8.78 Å². The van der Waals surface area contributed by atoms with Crippen LogP contribution in [0.4, 0.5) is 8.78 Å². The summed E-state index contributed by atoms with van der Waals surface area (Å²) in [5.41, 5.74) is 2.25. The minimum atomic E-state index is -0.628. The molecule has 0 heterocycles. The first-order valence-electron chi connectivity index (χ1n) is 11.7. The predicted molar refractivity (Wildman–Crippen MR) is 121 cm³/mol. The molecule has 0 spiro atoms. The number of hydrogen-bond donors (Lipinski definition) is 0. The molecule has 1 atom stereocenters. The molecular weight excluding hydrogens is 398 g/mol. The molecule has 0 N–H and O–H groups in total. The Bertz CT molecular complexity index is 795. The third kappa shape index (κ3) is 5.07. The highest BCUT2D eigenvalue weighted by atomic mass is 35.5. The Hall–Kier alpha value is -1.41. The number of benzene rings is 2.